The first-order chi connectivity index (χ1) is 7.96. The minimum absolute atomic E-state index is 0.122. The van der Waals surface area contributed by atoms with Crippen molar-refractivity contribution < 1.29 is 4.74 Å². The summed E-state index contributed by atoms with van der Waals surface area (Å²) in [4.78, 5) is 18.9. The molecule has 1 heterocycles. The van der Waals surface area contributed by atoms with E-state index >= 15 is 0 Å². The van der Waals surface area contributed by atoms with Crippen molar-refractivity contribution >= 4 is 10.9 Å². The molecule has 90 valence electrons. The lowest BCUT2D eigenvalue weighted by Gasteiger charge is -2.18. The van der Waals surface area contributed by atoms with Crippen molar-refractivity contribution in [2.24, 2.45) is 0 Å². The van der Waals surface area contributed by atoms with Crippen molar-refractivity contribution in [3.63, 3.8) is 0 Å². The number of benzene rings is 1. The molecule has 0 amide bonds. The number of nitrogens with zero attached hydrogens (tertiary/aromatic N) is 1. The second-order valence-corrected chi connectivity index (χ2v) is 4.93. The van der Waals surface area contributed by atoms with Gasteiger partial charge < -0.3 is 9.72 Å². The summed E-state index contributed by atoms with van der Waals surface area (Å²) in [5, 5.41) is 0.604. The molecule has 17 heavy (non-hydrogen) atoms. The molecule has 0 atom stereocenters. The number of para-hydroxylation sites is 1. The van der Waals surface area contributed by atoms with Crippen LogP contribution in [0.5, 0.6) is 0 Å². The Morgan fingerprint density at radius 1 is 1.29 bits per heavy atom. The van der Waals surface area contributed by atoms with Crippen molar-refractivity contribution in [3.8, 4) is 0 Å². The van der Waals surface area contributed by atoms with E-state index in [9.17, 15) is 4.79 Å². The van der Waals surface area contributed by atoms with Crippen molar-refractivity contribution in [3.05, 3.63) is 40.4 Å². The predicted octanol–water partition coefficient (Wildman–Crippen LogP) is 2.24. The maximum atomic E-state index is 11.8. The molecule has 0 spiro atoms. The summed E-state index contributed by atoms with van der Waals surface area (Å²) >= 11 is 0. The van der Waals surface area contributed by atoms with Gasteiger partial charge in [0, 0.05) is 0 Å². The minimum atomic E-state index is -0.246. The van der Waals surface area contributed by atoms with E-state index in [4.69, 9.17) is 4.74 Å². The molecule has 0 saturated heterocycles. The molecule has 0 saturated carbocycles. The van der Waals surface area contributed by atoms with Crippen LogP contribution in [0, 0.1) is 0 Å². The normalized spacial score (nSPS) is 11.9. The lowest BCUT2D eigenvalue weighted by molar-refractivity contribution is -0.0180. The van der Waals surface area contributed by atoms with Gasteiger partial charge in [0.15, 0.2) is 0 Å². The molecule has 1 N–H and O–H groups in total. The average molecular weight is 232 g/mol. The summed E-state index contributed by atoms with van der Waals surface area (Å²) in [7, 11) is 0. The van der Waals surface area contributed by atoms with Crippen LogP contribution in [0.15, 0.2) is 29.1 Å². The number of aromatic nitrogens is 2. The van der Waals surface area contributed by atoms with Gasteiger partial charge in [0.05, 0.1) is 16.5 Å². The molecule has 0 fully saturated rings. The van der Waals surface area contributed by atoms with Gasteiger partial charge in [0.25, 0.3) is 5.56 Å². The Bertz CT molecular complexity index is 582. The molecule has 2 rings (SSSR count). The van der Waals surface area contributed by atoms with E-state index in [1.54, 1.807) is 6.07 Å². The van der Waals surface area contributed by atoms with Crippen molar-refractivity contribution in [1.82, 2.24) is 9.97 Å². The average Bonchev–Trinajstić information content (AvgIpc) is 2.26. The highest BCUT2D eigenvalue weighted by atomic mass is 16.5. The Balaban J connectivity index is 2.34. The smallest absolute Gasteiger partial charge is 0.258 e. The fourth-order valence-corrected chi connectivity index (χ4v) is 1.49. The van der Waals surface area contributed by atoms with Crippen LogP contribution in [0.3, 0.4) is 0 Å². The number of rotatable bonds is 2. The molecule has 0 aliphatic carbocycles. The van der Waals surface area contributed by atoms with E-state index in [1.807, 2.05) is 39.0 Å². The van der Waals surface area contributed by atoms with E-state index in [0.29, 0.717) is 23.3 Å². The molecule has 4 nitrogen and oxygen atoms in total. The Hall–Kier alpha value is -1.68. The lowest BCUT2D eigenvalue weighted by Crippen LogP contribution is -2.21. The van der Waals surface area contributed by atoms with Gasteiger partial charge in [0.2, 0.25) is 0 Å². The number of hydrogen-bond acceptors (Lipinski definition) is 3. The van der Waals surface area contributed by atoms with Crippen LogP contribution in [0.25, 0.3) is 10.9 Å². The van der Waals surface area contributed by atoms with Gasteiger partial charge in [-0.3, -0.25) is 4.79 Å². The van der Waals surface area contributed by atoms with Crippen molar-refractivity contribution in [2.45, 2.75) is 33.0 Å². The summed E-state index contributed by atoms with van der Waals surface area (Å²) in [6.45, 7) is 6.20. The maximum absolute atomic E-state index is 11.8. The Morgan fingerprint density at radius 3 is 2.71 bits per heavy atom. The standard InChI is InChI=1S/C13H16N2O2/c1-13(2,3)17-8-11-14-10-7-5-4-6-9(10)12(16)15-11/h4-7H,8H2,1-3H3,(H,14,15,16). The first kappa shape index (κ1) is 11.8. The number of hydrogen-bond donors (Lipinski definition) is 1. The van der Waals surface area contributed by atoms with Crippen LogP contribution in [0.2, 0.25) is 0 Å². The van der Waals surface area contributed by atoms with Crippen LogP contribution in [0.4, 0.5) is 0 Å². The predicted molar refractivity (Wildman–Crippen MR) is 66.9 cm³/mol. The topological polar surface area (TPSA) is 55.0 Å². The third kappa shape index (κ3) is 2.91. The SMILES string of the molecule is CC(C)(C)OCc1nc2ccccc2c(=O)[nH]1. The van der Waals surface area contributed by atoms with E-state index in [1.165, 1.54) is 0 Å². The number of nitrogens with one attached hydrogen (secondary N) is 1. The van der Waals surface area contributed by atoms with E-state index in [-0.39, 0.29) is 11.2 Å². The number of ether oxygens (including phenoxy) is 1. The third-order valence-electron chi connectivity index (χ3n) is 2.30. The highest BCUT2D eigenvalue weighted by molar-refractivity contribution is 5.77. The second-order valence-electron chi connectivity index (χ2n) is 4.93. The highest BCUT2D eigenvalue weighted by Gasteiger charge is 2.11. The molecule has 0 unspecified atom stereocenters. The van der Waals surface area contributed by atoms with Crippen molar-refractivity contribution in [1.29, 1.82) is 0 Å². The zero-order valence-electron chi connectivity index (χ0n) is 10.3. The van der Waals surface area contributed by atoms with Gasteiger partial charge in [0.1, 0.15) is 12.4 Å². The minimum Gasteiger partial charge on any atom is -0.368 e. The van der Waals surface area contributed by atoms with Crippen LogP contribution < -0.4 is 5.56 Å². The second kappa shape index (κ2) is 4.30. The summed E-state index contributed by atoms with van der Waals surface area (Å²) < 4.78 is 5.59. The van der Waals surface area contributed by atoms with Crippen LogP contribution in [-0.4, -0.2) is 15.6 Å². The van der Waals surface area contributed by atoms with Gasteiger partial charge >= 0.3 is 0 Å². The number of aromatic amines is 1. The molecule has 0 aliphatic heterocycles. The first-order valence-electron chi connectivity index (χ1n) is 5.58. The van der Waals surface area contributed by atoms with Gasteiger partial charge in [-0.1, -0.05) is 12.1 Å². The van der Waals surface area contributed by atoms with E-state index in [0.717, 1.165) is 0 Å². The van der Waals surface area contributed by atoms with E-state index < -0.39 is 0 Å². The maximum Gasteiger partial charge on any atom is 0.258 e. The lowest BCUT2D eigenvalue weighted by atomic mass is 10.2. The zero-order valence-corrected chi connectivity index (χ0v) is 10.3. The molecule has 0 bridgehead atoms. The summed E-state index contributed by atoms with van der Waals surface area (Å²) in [5.41, 5.74) is 0.330. The Morgan fingerprint density at radius 2 is 2.00 bits per heavy atom. The molecule has 1 aromatic heterocycles. The summed E-state index contributed by atoms with van der Waals surface area (Å²) in [6, 6.07) is 7.27. The molecule has 4 heteroatoms. The quantitative estimate of drug-likeness (QED) is 0.863. The van der Waals surface area contributed by atoms with Crippen LogP contribution in [0.1, 0.15) is 26.6 Å². The molecular weight excluding hydrogens is 216 g/mol. The number of fused-ring (bicyclic) bond motifs is 1. The van der Waals surface area contributed by atoms with Crippen LogP contribution >= 0.6 is 0 Å². The highest BCUT2D eigenvalue weighted by Crippen LogP contribution is 2.10. The largest absolute Gasteiger partial charge is 0.368 e. The number of H-pyrrole nitrogens is 1. The summed E-state index contributed by atoms with van der Waals surface area (Å²) in [5.74, 6) is 0.559. The Labute approximate surface area is 99.7 Å². The van der Waals surface area contributed by atoms with Gasteiger partial charge in [-0.25, -0.2) is 4.98 Å². The molecule has 0 radical (unpaired) electrons. The fraction of sp³-hybridized carbons (Fsp3) is 0.385. The Kier molecular flexibility index (Phi) is 2.98. The fourth-order valence-electron chi connectivity index (χ4n) is 1.49. The molecule has 2 aromatic rings. The van der Waals surface area contributed by atoms with Crippen LogP contribution in [-0.2, 0) is 11.3 Å². The van der Waals surface area contributed by atoms with Crippen molar-refractivity contribution in [2.75, 3.05) is 0 Å². The van der Waals surface area contributed by atoms with E-state index in [2.05, 4.69) is 9.97 Å². The monoisotopic (exact) mass is 232 g/mol. The first-order valence-corrected chi connectivity index (χ1v) is 5.58. The van der Waals surface area contributed by atoms with Gasteiger partial charge in [-0.15, -0.1) is 0 Å². The zero-order chi connectivity index (χ0) is 12.5. The molecular formula is C13H16N2O2. The molecule has 1 aromatic carbocycles. The molecule has 0 aliphatic rings. The summed E-state index contributed by atoms with van der Waals surface area (Å²) in [6.07, 6.45) is 0. The third-order valence-corrected chi connectivity index (χ3v) is 2.30. The van der Waals surface area contributed by atoms with Gasteiger partial charge in [-0.05, 0) is 32.9 Å². The van der Waals surface area contributed by atoms with Gasteiger partial charge in [-0.2, -0.15) is 0 Å².